The van der Waals surface area contributed by atoms with Crippen molar-refractivity contribution in [2.24, 2.45) is 5.73 Å². The summed E-state index contributed by atoms with van der Waals surface area (Å²) in [6.45, 7) is 0. The van der Waals surface area contributed by atoms with E-state index in [-0.39, 0.29) is 0 Å². The van der Waals surface area contributed by atoms with Gasteiger partial charge in [-0.3, -0.25) is 0 Å². The van der Waals surface area contributed by atoms with E-state index in [4.69, 9.17) is 5.73 Å². The first-order chi connectivity index (χ1) is 9.15. The first-order valence-corrected chi connectivity index (χ1v) is 7.46. The predicted octanol–water partition coefficient (Wildman–Crippen LogP) is 2.60. The molecule has 2 N–H and O–H groups in total. The smallest absolute Gasteiger partial charge is 0.0372 e. The van der Waals surface area contributed by atoms with Gasteiger partial charge in [0.1, 0.15) is 0 Å². The molecule has 0 spiro atoms. The van der Waals surface area contributed by atoms with Crippen LogP contribution < -0.4 is 15.5 Å². The summed E-state index contributed by atoms with van der Waals surface area (Å²) in [5, 5.41) is 0. The minimum Gasteiger partial charge on any atom is -0.378 e. The highest BCUT2D eigenvalue weighted by atomic mass is 15.2. The van der Waals surface area contributed by atoms with Gasteiger partial charge in [-0.05, 0) is 56.4 Å². The Kier molecular flexibility index (Phi) is 3.40. The third-order valence-corrected chi connectivity index (χ3v) is 4.68. The van der Waals surface area contributed by atoms with Crippen LogP contribution in [0.4, 0.5) is 11.4 Å². The van der Waals surface area contributed by atoms with E-state index >= 15 is 0 Å². The Hall–Kier alpha value is -1.22. The van der Waals surface area contributed by atoms with E-state index < -0.39 is 0 Å². The van der Waals surface area contributed by atoms with Gasteiger partial charge in [-0.25, -0.2) is 0 Å². The predicted molar refractivity (Wildman–Crippen MR) is 81.9 cm³/mol. The Bertz CT molecular complexity index is 412. The summed E-state index contributed by atoms with van der Waals surface area (Å²) in [7, 11) is 4.17. The van der Waals surface area contributed by atoms with Gasteiger partial charge in [0.25, 0.3) is 0 Å². The lowest BCUT2D eigenvalue weighted by atomic mass is 9.81. The Morgan fingerprint density at radius 3 is 2.16 bits per heavy atom. The number of nitrogens with zero attached hydrogens (tertiary/aromatic N) is 2. The van der Waals surface area contributed by atoms with Crippen LogP contribution in [0.5, 0.6) is 0 Å². The zero-order chi connectivity index (χ0) is 13.4. The molecule has 0 amide bonds. The first-order valence-electron chi connectivity index (χ1n) is 7.46. The lowest BCUT2D eigenvalue weighted by Crippen LogP contribution is -2.55. The molecule has 2 atom stereocenters. The van der Waals surface area contributed by atoms with Crippen LogP contribution in [0, 0.1) is 0 Å². The molecule has 2 unspecified atom stereocenters. The fourth-order valence-electron chi connectivity index (χ4n) is 3.77. The van der Waals surface area contributed by atoms with Gasteiger partial charge < -0.3 is 15.5 Å². The fourth-order valence-corrected chi connectivity index (χ4v) is 3.77. The molecule has 104 valence electrons. The van der Waals surface area contributed by atoms with Crippen molar-refractivity contribution in [1.29, 1.82) is 0 Å². The van der Waals surface area contributed by atoms with Crippen molar-refractivity contribution >= 4 is 11.4 Å². The molecule has 0 aromatic heterocycles. The molecule has 2 bridgehead atoms. The minimum absolute atomic E-state index is 0.410. The quantitative estimate of drug-likeness (QED) is 0.886. The molecule has 19 heavy (non-hydrogen) atoms. The molecule has 3 nitrogen and oxygen atoms in total. The van der Waals surface area contributed by atoms with E-state index in [1.54, 1.807) is 0 Å². The lowest BCUT2D eigenvalue weighted by molar-refractivity contribution is 0.271. The van der Waals surface area contributed by atoms with Crippen molar-refractivity contribution < 1.29 is 0 Å². The van der Waals surface area contributed by atoms with Gasteiger partial charge in [-0.15, -0.1) is 0 Å². The molecular weight excluding hydrogens is 234 g/mol. The summed E-state index contributed by atoms with van der Waals surface area (Å²) >= 11 is 0. The number of hydrogen-bond donors (Lipinski definition) is 1. The van der Waals surface area contributed by atoms with Crippen molar-refractivity contribution in [3.63, 3.8) is 0 Å². The molecule has 1 aromatic carbocycles. The van der Waals surface area contributed by atoms with Gasteiger partial charge in [-0.2, -0.15) is 0 Å². The minimum atomic E-state index is 0.410. The molecule has 2 aliphatic rings. The van der Waals surface area contributed by atoms with Gasteiger partial charge in [0.15, 0.2) is 0 Å². The van der Waals surface area contributed by atoms with Crippen LogP contribution in [0.2, 0.25) is 0 Å². The van der Waals surface area contributed by atoms with E-state index in [0.717, 1.165) is 12.8 Å². The van der Waals surface area contributed by atoms with Gasteiger partial charge in [0.2, 0.25) is 0 Å². The zero-order valence-electron chi connectivity index (χ0n) is 12.0. The Morgan fingerprint density at radius 1 is 1.05 bits per heavy atom. The van der Waals surface area contributed by atoms with Crippen LogP contribution in [0.1, 0.15) is 32.1 Å². The summed E-state index contributed by atoms with van der Waals surface area (Å²) in [5.41, 5.74) is 8.84. The normalized spacial score (nSPS) is 30.3. The Balaban J connectivity index is 1.84. The Labute approximate surface area is 116 Å². The van der Waals surface area contributed by atoms with E-state index in [1.165, 1.54) is 30.6 Å². The molecule has 1 aromatic rings. The van der Waals surface area contributed by atoms with Crippen molar-refractivity contribution in [1.82, 2.24) is 0 Å². The second-order valence-corrected chi connectivity index (χ2v) is 6.29. The van der Waals surface area contributed by atoms with Crippen LogP contribution in [-0.4, -0.2) is 32.2 Å². The van der Waals surface area contributed by atoms with Crippen LogP contribution in [0.3, 0.4) is 0 Å². The second kappa shape index (κ2) is 5.04. The first kappa shape index (κ1) is 12.8. The maximum Gasteiger partial charge on any atom is 0.0372 e. The number of fused-ring (bicyclic) bond motifs is 2. The summed E-state index contributed by atoms with van der Waals surface area (Å²) in [5.74, 6) is 0. The van der Waals surface area contributed by atoms with E-state index in [9.17, 15) is 0 Å². The molecule has 0 aliphatic carbocycles. The summed E-state index contributed by atoms with van der Waals surface area (Å²) in [6.07, 6.45) is 6.30. The maximum atomic E-state index is 6.20. The zero-order valence-corrected chi connectivity index (χ0v) is 12.0. The second-order valence-electron chi connectivity index (χ2n) is 6.29. The molecule has 3 heteroatoms. The molecular formula is C16H25N3. The summed E-state index contributed by atoms with van der Waals surface area (Å²) in [6, 6.07) is 10.7. The highest BCUT2D eigenvalue weighted by molar-refractivity contribution is 5.57. The van der Waals surface area contributed by atoms with Gasteiger partial charge >= 0.3 is 0 Å². The monoisotopic (exact) mass is 259 g/mol. The largest absolute Gasteiger partial charge is 0.378 e. The number of benzene rings is 1. The molecule has 2 saturated heterocycles. The van der Waals surface area contributed by atoms with E-state index in [0.29, 0.717) is 18.1 Å². The molecule has 2 heterocycles. The highest BCUT2D eigenvalue weighted by Crippen LogP contribution is 2.37. The van der Waals surface area contributed by atoms with Gasteiger partial charge in [0.05, 0.1) is 0 Å². The third kappa shape index (κ3) is 2.44. The maximum absolute atomic E-state index is 6.20. The van der Waals surface area contributed by atoms with Gasteiger partial charge in [0, 0.05) is 43.6 Å². The van der Waals surface area contributed by atoms with Gasteiger partial charge in [-0.1, -0.05) is 0 Å². The van der Waals surface area contributed by atoms with E-state index in [1.807, 2.05) is 0 Å². The van der Waals surface area contributed by atoms with Crippen molar-refractivity contribution in [3.05, 3.63) is 24.3 Å². The summed E-state index contributed by atoms with van der Waals surface area (Å²) < 4.78 is 0. The molecule has 3 rings (SSSR count). The average molecular weight is 259 g/mol. The number of rotatable bonds is 2. The number of hydrogen-bond acceptors (Lipinski definition) is 3. The molecule has 0 radical (unpaired) electrons. The topological polar surface area (TPSA) is 32.5 Å². The number of anilines is 2. The fraction of sp³-hybridized carbons (Fsp3) is 0.625. The number of piperidine rings is 2. The summed E-state index contributed by atoms with van der Waals surface area (Å²) in [4.78, 5) is 4.79. The average Bonchev–Trinajstić information content (AvgIpc) is 2.37. The van der Waals surface area contributed by atoms with Crippen LogP contribution >= 0.6 is 0 Å². The molecule has 2 aliphatic heterocycles. The Morgan fingerprint density at radius 2 is 1.63 bits per heavy atom. The van der Waals surface area contributed by atoms with Crippen molar-refractivity contribution in [2.45, 2.75) is 50.2 Å². The van der Waals surface area contributed by atoms with Crippen LogP contribution in [0.15, 0.2) is 24.3 Å². The standard InChI is InChI=1S/C16H25N3/c1-18(2)13-6-8-14(9-7-13)19-15-4-3-5-16(19)11-12(17)10-15/h6-9,12,15-16H,3-5,10-11,17H2,1-2H3. The molecule has 2 fully saturated rings. The SMILES string of the molecule is CN(C)c1ccc(N2C3CCCC2CC(N)C3)cc1. The van der Waals surface area contributed by atoms with Crippen molar-refractivity contribution in [3.8, 4) is 0 Å². The van der Waals surface area contributed by atoms with Crippen LogP contribution in [-0.2, 0) is 0 Å². The van der Waals surface area contributed by atoms with Crippen molar-refractivity contribution in [2.75, 3.05) is 23.9 Å². The third-order valence-electron chi connectivity index (χ3n) is 4.68. The molecule has 0 saturated carbocycles. The van der Waals surface area contributed by atoms with E-state index in [2.05, 4.69) is 48.2 Å². The lowest BCUT2D eigenvalue weighted by Gasteiger charge is -2.49. The number of nitrogens with two attached hydrogens (primary N) is 1. The van der Waals surface area contributed by atoms with Crippen LogP contribution in [0.25, 0.3) is 0 Å². The highest BCUT2D eigenvalue weighted by Gasteiger charge is 2.36.